The van der Waals surface area contributed by atoms with E-state index in [0.717, 1.165) is 25.7 Å². The van der Waals surface area contributed by atoms with Gasteiger partial charge in [-0.2, -0.15) is 0 Å². The van der Waals surface area contributed by atoms with Crippen LogP contribution in [0.4, 0.5) is 0 Å². The fourth-order valence-electron chi connectivity index (χ4n) is 9.08. The molecule has 2 heterocycles. The number of rotatable bonds is 12. The number of aryl methyl sites for hydroxylation is 1. The van der Waals surface area contributed by atoms with Crippen LogP contribution in [0, 0.1) is 0 Å². The van der Waals surface area contributed by atoms with E-state index >= 15 is 0 Å². The highest BCUT2D eigenvalue weighted by Crippen LogP contribution is 2.42. The highest BCUT2D eigenvalue weighted by Gasteiger charge is 2.33. The van der Waals surface area contributed by atoms with Crippen LogP contribution in [0.15, 0.2) is 176 Å². The first kappa shape index (κ1) is 33.0. The van der Waals surface area contributed by atoms with Gasteiger partial charge in [-0.3, -0.25) is 0 Å². The lowest BCUT2D eigenvalue weighted by Crippen LogP contribution is -2.28. The third-order valence-electron chi connectivity index (χ3n) is 11.6. The number of hydrogen-bond acceptors (Lipinski definition) is 0. The van der Waals surface area contributed by atoms with Crippen LogP contribution in [0.1, 0.15) is 62.1 Å². The van der Waals surface area contributed by atoms with Gasteiger partial charge in [-0.05, 0) is 84.8 Å². The topological polar surface area (TPSA) is 9.86 Å². The fraction of sp³-hybridized carbons (Fsp3) is 0.176. The first-order valence-corrected chi connectivity index (χ1v) is 19.5. The molecule has 0 unspecified atom stereocenters. The second kappa shape index (κ2) is 14.3. The monoisotopic (exact) mass is 686 g/mol. The van der Waals surface area contributed by atoms with Crippen LogP contribution in [0.25, 0.3) is 55.0 Å². The summed E-state index contributed by atoms with van der Waals surface area (Å²) in [6.07, 6.45) is 8.00. The van der Waals surface area contributed by atoms with Crippen molar-refractivity contribution in [3.63, 3.8) is 0 Å². The van der Waals surface area contributed by atoms with Crippen LogP contribution >= 0.6 is 0 Å². The Bertz CT molecular complexity index is 2380. The van der Waals surface area contributed by atoms with Gasteiger partial charge in [0.05, 0.1) is 22.1 Å². The Balaban J connectivity index is 1.14. The molecular weight excluding hydrogens is 641 g/mol. The summed E-state index contributed by atoms with van der Waals surface area (Å²) in [6.45, 7) is 2.32. The summed E-state index contributed by atoms with van der Waals surface area (Å²) in [5.41, 5.74) is 11.7. The molecule has 0 aliphatic carbocycles. The maximum Gasteiger partial charge on any atom is 0.0541 e. The summed E-state index contributed by atoms with van der Waals surface area (Å²) >= 11 is 0. The van der Waals surface area contributed by atoms with Gasteiger partial charge in [0.2, 0.25) is 0 Å². The van der Waals surface area contributed by atoms with Gasteiger partial charge in [0.1, 0.15) is 0 Å². The van der Waals surface area contributed by atoms with E-state index in [1.807, 2.05) is 0 Å². The van der Waals surface area contributed by atoms with E-state index < -0.39 is 0 Å². The maximum atomic E-state index is 2.48. The Hall–Kier alpha value is -5.86. The van der Waals surface area contributed by atoms with Gasteiger partial charge in [-0.1, -0.05) is 160 Å². The predicted molar refractivity (Wildman–Crippen MR) is 226 cm³/mol. The van der Waals surface area contributed by atoms with E-state index in [-0.39, 0.29) is 5.41 Å². The van der Waals surface area contributed by atoms with Crippen molar-refractivity contribution in [1.29, 1.82) is 0 Å². The molecule has 9 rings (SSSR count). The Morgan fingerprint density at radius 2 is 0.774 bits per heavy atom. The molecule has 53 heavy (non-hydrogen) atoms. The Kier molecular flexibility index (Phi) is 8.89. The summed E-state index contributed by atoms with van der Waals surface area (Å²) in [5.74, 6) is 0. The van der Waals surface area contributed by atoms with Crippen LogP contribution in [0.3, 0.4) is 0 Å². The first-order chi connectivity index (χ1) is 26.2. The van der Waals surface area contributed by atoms with Crippen LogP contribution in [0.2, 0.25) is 0 Å². The molecule has 0 aliphatic heterocycles. The molecule has 9 aromatic rings. The number of hydrogen-bond donors (Lipinski definition) is 0. The number of nitrogens with zero attached hydrogens (tertiary/aromatic N) is 2. The molecule has 2 heteroatoms. The van der Waals surface area contributed by atoms with Crippen molar-refractivity contribution in [1.82, 2.24) is 9.13 Å². The fourth-order valence-corrected chi connectivity index (χ4v) is 9.08. The summed E-state index contributed by atoms with van der Waals surface area (Å²) in [7, 11) is 0. The SMILES string of the molecule is CCCCC(CCCCc1cc(-n2c3ccccc3c3ccccc32)cc(-n2c3ccccc3c3ccccc32)c1)(c1ccccc1)c1ccccc1. The third-order valence-corrected chi connectivity index (χ3v) is 11.6. The summed E-state index contributed by atoms with van der Waals surface area (Å²) in [5, 5.41) is 5.16. The van der Waals surface area contributed by atoms with E-state index in [0.29, 0.717) is 0 Å². The Labute approximate surface area is 313 Å². The van der Waals surface area contributed by atoms with Gasteiger partial charge in [-0.15, -0.1) is 0 Å². The van der Waals surface area contributed by atoms with E-state index in [1.165, 1.54) is 90.9 Å². The molecule has 0 aliphatic rings. The molecule has 7 aromatic carbocycles. The molecule has 0 amide bonds. The normalized spacial score (nSPS) is 12.0. The smallest absolute Gasteiger partial charge is 0.0541 e. The molecule has 2 aromatic heterocycles. The van der Waals surface area contributed by atoms with Crippen LogP contribution < -0.4 is 0 Å². The molecule has 0 bridgehead atoms. The Morgan fingerprint density at radius 1 is 0.396 bits per heavy atom. The summed E-state index contributed by atoms with van der Waals surface area (Å²) in [6, 6.07) is 65.3. The number of fused-ring (bicyclic) bond motifs is 6. The van der Waals surface area contributed by atoms with E-state index in [2.05, 4.69) is 192 Å². The second-order valence-electron chi connectivity index (χ2n) is 14.7. The Morgan fingerprint density at radius 3 is 1.19 bits per heavy atom. The van der Waals surface area contributed by atoms with E-state index in [9.17, 15) is 0 Å². The van der Waals surface area contributed by atoms with Gasteiger partial charge in [0.15, 0.2) is 0 Å². The number of benzene rings is 7. The first-order valence-electron chi connectivity index (χ1n) is 19.5. The molecule has 0 saturated carbocycles. The van der Waals surface area contributed by atoms with Crippen molar-refractivity contribution in [3.8, 4) is 11.4 Å². The summed E-state index contributed by atoms with van der Waals surface area (Å²) in [4.78, 5) is 0. The highest BCUT2D eigenvalue weighted by atomic mass is 15.0. The minimum Gasteiger partial charge on any atom is -0.309 e. The molecule has 0 radical (unpaired) electrons. The van der Waals surface area contributed by atoms with E-state index in [1.54, 1.807) is 0 Å². The van der Waals surface area contributed by atoms with Crippen LogP contribution in [0.5, 0.6) is 0 Å². The van der Waals surface area contributed by atoms with Crippen molar-refractivity contribution in [2.45, 2.75) is 57.3 Å². The quantitative estimate of drug-likeness (QED) is 0.113. The van der Waals surface area contributed by atoms with Gasteiger partial charge in [0, 0.05) is 38.3 Å². The van der Waals surface area contributed by atoms with Gasteiger partial charge < -0.3 is 9.13 Å². The molecule has 0 N–H and O–H groups in total. The predicted octanol–water partition coefficient (Wildman–Crippen LogP) is 13.8. The van der Waals surface area contributed by atoms with Crippen molar-refractivity contribution < 1.29 is 0 Å². The van der Waals surface area contributed by atoms with Gasteiger partial charge in [-0.25, -0.2) is 0 Å². The standard InChI is InChI=1S/C51H46N2/c1-2-3-33-51(39-21-6-4-7-22-39,40-23-8-5-9-24-40)34-19-18-20-38-35-41(52-47-29-14-10-25-43(47)44-26-11-15-30-48(44)52)37-42(36-38)53-49-31-16-12-27-45(49)46-28-13-17-32-50(46)53/h4-17,21-32,35-37H,2-3,18-20,33-34H2,1H3. The van der Waals surface area contributed by atoms with Crippen LogP contribution in [-0.2, 0) is 11.8 Å². The largest absolute Gasteiger partial charge is 0.309 e. The molecule has 0 atom stereocenters. The number of para-hydroxylation sites is 4. The minimum atomic E-state index is 0.0114. The van der Waals surface area contributed by atoms with Crippen molar-refractivity contribution in [3.05, 3.63) is 193 Å². The van der Waals surface area contributed by atoms with Crippen molar-refractivity contribution in [2.75, 3.05) is 0 Å². The zero-order valence-electron chi connectivity index (χ0n) is 30.6. The maximum absolute atomic E-state index is 2.48. The molecule has 0 saturated heterocycles. The molecule has 0 fully saturated rings. The average Bonchev–Trinajstić information content (AvgIpc) is 3.74. The van der Waals surface area contributed by atoms with Gasteiger partial charge >= 0.3 is 0 Å². The second-order valence-corrected chi connectivity index (χ2v) is 14.7. The van der Waals surface area contributed by atoms with Crippen LogP contribution in [-0.4, -0.2) is 9.13 Å². The lowest BCUT2D eigenvalue weighted by atomic mass is 9.68. The highest BCUT2D eigenvalue weighted by molar-refractivity contribution is 6.10. The zero-order chi connectivity index (χ0) is 35.6. The molecule has 2 nitrogen and oxygen atoms in total. The number of unbranched alkanes of at least 4 members (excludes halogenated alkanes) is 2. The van der Waals surface area contributed by atoms with Gasteiger partial charge in [0.25, 0.3) is 0 Å². The number of aromatic nitrogens is 2. The minimum absolute atomic E-state index is 0.0114. The average molecular weight is 687 g/mol. The lowest BCUT2D eigenvalue weighted by molar-refractivity contribution is 0.402. The lowest BCUT2D eigenvalue weighted by Gasteiger charge is -2.36. The molecule has 260 valence electrons. The van der Waals surface area contributed by atoms with Crippen molar-refractivity contribution in [2.24, 2.45) is 0 Å². The zero-order valence-corrected chi connectivity index (χ0v) is 30.6. The summed E-state index contributed by atoms with van der Waals surface area (Å²) < 4.78 is 4.96. The van der Waals surface area contributed by atoms with Crippen molar-refractivity contribution >= 4 is 43.6 Å². The molecular formula is C51H46N2. The molecule has 0 spiro atoms. The third kappa shape index (κ3) is 5.93. The van der Waals surface area contributed by atoms with E-state index in [4.69, 9.17) is 0 Å².